The quantitative estimate of drug-likeness (QED) is 0.774. The molecule has 0 spiro atoms. The van der Waals surface area contributed by atoms with E-state index in [1.54, 1.807) is 12.3 Å². The van der Waals surface area contributed by atoms with Crippen molar-refractivity contribution in [1.82, 2.24) is 15.6 Å². The number of thiazole rings is 1. The summed E-state index contributed by atoms with van der Waals surface area (Å²) in [6.45, 7) is 2.10. The second-order valence-corrected chi connectivity index (χ2v) is 5.28. The van der Waals surface area contributed by atoms with Crippen LogP contribution in [0.2, 0.25) is 0 Å². The molecule has 118 valence electrons. The molecule has 6 nitrogen and oxygen atoms in total. The number of rotatable bonds is 5. The van der Waals surface area contributed by atoms with Crippen molar-refractivity contribution in [2.45, 2.75) is 38.0 Å². The first-order chi connectivity index (χ1) is 9.61. The number of urea groups is 1. The Bertz CT molecular complexity index is 507. The molecule has 1 aromatic rings. The first-order valence-electron chi connectivity index (χ1n) is 5.90. The lowest BCUT2D eigenvalue weighted by molar-refractivity contribution is -0.203. The number of carbonyl (C=O) groups is 2. The minimum absolute atomic E-state index is 0.388. The smallest absolute Gasteiger partial charge is 0.422 e. The molecule has 0 bridgehead atoms. The normalized spacial score (nSPS) is 15.9. The number of aromatic nitrogens is 1. The monoisotopic (exact) mass is 325 g/mol. The fourth-order valence-electron chi connectivity index (χ4n) is 1.41. The number of alkyl halides is 3. The lowest BCUT2D eigenvalue weighted by atomic mass is 10.0. The number of carbonyl (C=O) groups excluding carboxylic acids is 1. The van der Waals surface area contributed by atoms with E-state index in [4.69, 9.17) is 5.11 Å². The number of carboxylic acids is 1. The summed E-state index contributed by atoms with van der Waals surface area (Å²) in [6, 6.07) is -1.81. The number of carboxylic acid groups (broad SMARTS) is 1. The van der Waals surface area contributed by atoms with E-state index in [9.17, 15) is 22.8 Å². The van der Waals surface area contributed by atoms with E-state index in [1.807, 2.05) is 0 Å². The highest BCUT2D eigenvalue weighted by Crippen LogP contribution is 2.30. The van der Waals surface area contributed by atoms with Gasteiger partial charge in [-0.3, -0.25) is 0 Å². The molecule has 0 saturated heterocycles. The van der Waals surface area contributed by atoms with Gasteiger partial charge in [0.2, 0.25) is 5.54 Å². The summed E-state index contributed by atoms with van der Waals surface area (Å²) in [4.78, 5) is 26.4. The van der Waals surface area contributed by atoms with Crippen LogP contribution in [0.5, 0.6) is 0 Å². The van der Waals surface area contributed by atoms with Gasteiger partial charge in [0.15, 0.2) is 0 Å². The van der Waals surface area contributed by atoms with Gasteiger partial charge in [-0.25, -0.2) is 14.6 Å². The van der Waals surface area contributed by atoms with E-state index in [0.717, 1.165) is 0 Å². The third-order valence-corrected chi connectivity index (χ3v) is 3.71. The Labute approximate surface area is 122 Å². The van der Waals surface area contributed by atoms with Gasteiger partial charge in [-0.15, -0.1) is 11.3 Å². The zero-order chi connectivity index (χ0) is 16.3. The van der Waals surface area contributed by atoms with Crippen molar-refractivity contribution >= 4 is 23.3 Å². The highest BCUT2D eigenvalue weighted by atomic mass is 32.1. The second-order valence-electron chi connectivity index (χ2n) is 4.36. The number of hydrogen-bond donors (Lipinski definition) is 3. The van der Waals surface area contributed by atoms with Crippen molar-refractivity contribution in [2.75, 3.05) is 0 Å². The number of nitrogens with zero attached hydrogens (tertiary/aromatic N) is 1. The van der Waals surface area contributed by atoms with E-state index in [-0.39, 0.29) is 0 Å². The standard InChI is InChI=1S/C11H14F3N3O3S/c1-3-6(7-15-4-5-21-7)16-9(20)17-10(2,8(18)19)11(12,13)14/h4-6H,3H2,1-2H3,(H,18,19)(H2,16,17,20). The summed E-state index contributed by atoms with van der Waals surface area (Å²) >= 11 is 1.24. The Balaban J connectivity index is 2.82. The maximum Gasteiger partial charge on any atom is 0.422 e. The van der Waals surface area contributed by atoms with Gasteiger partial charge in [0, 0.05) is 11.6 Å². The molecule has 3 N–H and O–H groups in total. The van der Waals surface area contributed by atoms with Crippen molar-refractivity contribution in [3.8, 4) is 0 Å². The van der Waals surface area contributed by atoms with E-state index >= 15 is 0 Å². The zero-order valence-corrected chi connectivity index (χ0v) is 12.0. The highest BCUT2D eigenvalue weighted by molar-refractivity contribution is 7.09. The van der Waals surface area contributed by atoms with Crippen molar-refractivity contribution in [1.29, 1.82) is 0 Å². The molecule has 2 amide bonds. The van der Waals surface area contributed by atoms with E-state index in [2.05, 4.69) is 10.3 Å². The molecule has 0 saturated carbocycles. The summed E-state index contributed by atoms with van der Waals surface area (Å²) in [5.41, 5.74) is -3.36. The molecular weight excluding hydrogens is 311 g/mol. The lowest BCUT2D eigenvalue weighted by Gasteiger charge is -2.29. The Morgan fingerprint density at radius 2 is 2.10 bits per heavy atom. The molecule has 0 aliphatic carbocycles. The average molecular weight is 325 g/mol. The van der Waals surface area contributed by atoms with Gasteiger partial charge in [-0.1, -0.05) is 6.92 Å². The molecule has 21 heavy (non-hydrogen) atoms. The third-order valence-electron chi connectivity index (χ3n) is 2.82. The van der Waals surface area contributed by atoms with E-state index in [1.165, 1.54) is 22.9 Å². The van der Waals surface area contributed by atoms with Crippen LogP contribution < -0.4 is 10.6 Å². The van der Waals surface area contributed by atoms with Gasteiger partial charge in [-0.05, 0) is 13.3 Å². The van der Waals surface area contributed by atoms with Crippen LogP contribution in [0.25, 0.3) is 0 Å². The molecule has 0 aliphatic rings. The van der Waals surface area contributed by atoms with Crippen LogP contribution in [0.3, 0.4) is 0 Å². The fraction of sp³-hybridized carbons (Fsp3) is 0.545. The number of hydrogen-bond acceptors (Lipinski definition) is 4. The van der Waals surface area contributed by atoms with Crippen molar-refractivity contribution in [3.05, 3.63) is 16.6 Å². The number of halogens is 3. The summed E-state index contributed by atoms with van der Waals surface area (Å²) in [5.74, 6) is -2.19. The molecule has 1 aromatic heterocycles. The largest absolute Gasteiger partial charge is 0.479 e. The van der Waals surface area contributed by atoms with Crippen LogP contribution in [0.4, 0.5) is 18.0 Å². The lowest BCUT2D eigenvalue weighted by Crippen LogP contribution is -2.63. The predicted octanol–water partition coefficient (Wildman–Crippen LogP) is 2.30. The van der Waals surface area contributed by atoms with Crippen molar-refractivity contribution in [3.63, 3.8) is 0 Å². The Morgan fingerprint density at radius 3 is 2.48 bits per heavy atom. The van der Waals surface area contributed by atoms with Crippen LogP contribution in [-0.2, 0) is 4.79 Å². The molecule has 0 fully saturated rings. The molecule has 0 radical (unpaired) electrons. The SMILES string of the molecule is CCC(NC(=O)NC(C)(C(=O)O)C(F)(F)F)c1nccs1. The summed E-state index contributed by atoms with van der Waals surface area (Å²) < 4.78 is 38.3. The Kier molecular flexibility index (Phi) is 5.15. The first-order valence-corrected chi connectivity index (χ1v) is 6.78. The summed E-state index contributed by atoms with van der Waals surface area (Å²) in [6.07, 6.45) is -3.23. The Morgan fingerprint density at radius 1 is 1.48 bits per heavy atom. The molecule has 10 heteroatoms. The molecule has 2 unspecified atom stereocenters. The minimum Gasteiger partial charge on any atom is -0.479 e. The number of amides is 2. The minimum atomic E-state index is -5.13. The van der Waals surface area contributed by atoms with Gasteiger partial charge in [-0.2, -0.15) is 13.2 Å². The fourth-order valence-corrected chi connectivity index (χ4v) is 2.18. The zero-order valence-electron chi connectivity index (χ0n) is 11.2. The van der Waals surface area contributed by atoms with E-state index < -0.39 is 29.8 Å². The average Bonchev–Trinajstić information content (AvgIpc) is 2.87. The summed E-state index contributed by atoms with van der Waals surface area (Å²) in [5, 5.41) is 14.7. The molecule has 1 heterocycles. The van der Waals surface area contributed by atoms with Crippen molar-refractivity contribution in [2.24, 2.45) is 0 Å². The molecule has 0 aliphatic heterocycles. The van der Waals surface area contributed by atoms with Gasteiger partial charge in [0.25, 0.3) is 0 Å². The summed E-state index contributed by atoms with van der Waals surface area (Å²) in [7, 11) is 0. The number of nitrogens with one attached hydrogen (secondary N) is 2. The maximum absolute atomic E-state index is 12.8. The van der Waals surface area contributed by atoms with E-state index in [0.29, 0.717) is 18.4 Å². The van der Waals surface area contributed by atoms with Crippen LogP contribution in [-0.4, -0.2) is 33.8 Å². The van der Waals surface area contributed by atoms with Crippen LogP contribution in [0.15, 0.2) is 11.6 Å². The molecular formula is C11H14F3N3O3S. The topological polar surface area (TPSA) is 91.3 Å². The predicted molar refractivity (Wildman–Crippen MR) is 68.9 cm³/mol. The first kappa shape index (κ1) is 17.2. The van der Waals surface area contributed by atoms with Gasteiger partial charge >= 0.3 is 18.2 Å². The van der Waals surface area contributed by atoms with Crippen molar-refractivity contribution < 1.29 is 27.9 Å². The van der Waals surface area contributed by atoms with Gasteiger partial charge in [0.05, 0.1) is 6.04 Å². The van der Waals surface area contributed by atoms with Crippen LogP contribution in [0.1, 0.15) is 31.3 Å². The highest BCUT2D eigenvalue weighted by Gasteiger charge is 2.58. The van der Waals surface area contributed by atoms with Crippen LogP contribution >= 0.6 is 11.3 Å². The maximum atomic E-state index is 12.8. The molecule has 0 aromatic carbocycles. The number of aliphatic carboxylic acids is 1. The molecule has 2 atom stereocenters. The molecule has 1 rings (SSSR count). The van der Waals surface area contributed by atoms with Gasteiger partial charge < -0.3 is 15.7 Å². The van der Waals surface area contributed by atoms with Crippen LogP contribution in [0, 0.1) is 0 Å². The third kappa shape index (κ3) is 3.84. The van der Waals surface area contributed by atoms with Gasteiger partial charge in [0.1, 0.15) is 5.01 Å². The second kappa shape index (κ2) is 6.29. The Hall–Kier alpha value is -1.84.